The van der Waals surface area contributed by atoms with Crippen LogP contribution in [0.5, 0.6) is 5.88 Å². The number of nitro benzene ring substituents is 1. The molecule has 2 saturated carbocycles. The summed E-state index contributed by atoms with van der Waals surface area (Å²) in [6.45, 7) is 11.4. The van der Waals surface area contributed by atoms with Crippen molar-refractivity contribution in [1.29, 1.82) is 0 Å². The lowest BCUT2D eigenvalue weighted by Crippen LogP contribution is -2.58. The van der Waals surface area contributed by atoms with Gasteiger partial charge in [-0.3, -0.25) is 19.8 Å². The van der Waals surface area contributed by atoms with Crippen LogP contribution in [0.25, 0.3) is 11.0 Å². The number of aromatic amines is 1. The molecule has 0 radical (unpaired) electrons. The summed E-state index contributed by atoms with van der Waals surface area (Å²) in [7, 11) is -4.70. The predicted octanol–water partition coefficient (Wildman–Crippen LogP) is 8.34. The second kappa shape index (κ2) is 20.6. The van der Waals surface area contributed by atoms with Gasteiger partial charge in [-0.25, -0.2) is 17.5 Å². The Kier molecular flexibility index (Phi) is 14.0. The Morgan fingerprint density at radius 3 is 2.51 bits per heavy atom. The molecule has 3 saturated heterocycles. The topological polar surface area (TPSA) is 214 Å². The van der Waals surface area contributed by atoms with Crippen LogP contribution in [-0.2, 0) is 24.2 Å². The van der Waals surface area contributed by atoms with Crippen LogP contribution in [0.4, 0.5) is 32.8 Å². The van der Waals surface area contributed by atoms with Gasteiger partial charge in [0.15, 0.2) is 6.10 Å². The first-order chi connectivity index (χ1) is 36.0. The number of piperidine rings is 1. The van der Waals surface area contributed by atoms with Crippen molar-refractivity contribution in [3.8, 4) is 5.88 Å². The van der Waals surface area contributed by atoms with Crippen molar-refractivity contribution >= 4 is 55.4 Å². The van der Waals surface area contributed by atoms with E-state index in [1.807, 2.05) is 12.1 Å². The number of rotatable bonds is 12. The summed E-state index contributed by atoms with van der Waals surface area (Å²) >= 11 is 0. The van der Waals surface area contributed by atoms with Gasteiger partial charge in [0.1, 0.15) is 28.9 Å². The van der Waals surface area contributed by atoms with Gasteiger partial charge in [0.2, 0.25) is 5.88 Å². The number of nitrogens with zero attached hydrogens (tertiary/aromatic N) is 5. The number of anilines is 4. The summed E-state index contributed by atoms with van der Waals surface area (Å²) in [5.74, 6) is -0.812. The zero-order chi connectivity index (χ0) is 52.2. The van der Waals surface area contributed by atoms with E-state index < -0.39 is 55.1 Å². The Bertz CT molecular complexity index is 3050. The van der Waals surface area contributed by atoms with Gasteiger partial charge in [-0.15, -0.1) is 0 Å². The number of pyridine rings is 1. The van der Waals surface area contributed by atoms with Gasteiger partial charge < -0.3 is 44.2 Å². The van der Waals surface area contributed by atoms with Crippen molar-refractivity contribution in [3.63, 3.8) is 0 Å². The van der Waals surface area contributed by atoms with Crippen LogP contribution >= 0.6 is 0 Å². The summed E-state index contributed by atoms with van der Waals surface area (Å²) in [5.41, 5.74) is 3.52. The summed E-state index contributed by atoms with van der Waals surface area (Å²) in [6, 6.07) is 19.8. The minimum atomic E-state index is -4.70. The van der Waals surface area contributed by atoms with E-state index in [0.29, 0.717) is 55.9 Å². The molecule has 1 spiro atoms. The predicted molar refractivity (Wildman–Crippen MR) is 281 cm³/mol. The number of fused-ring (bicyclic) bond motifs is 3. The number of amides is 1. The molecule has 2 aliphatic carbocycles. The molecule has 11 rings (SSSR count). The van der Waals surface area contributed by atoms with Crippen LogP contribution in [0.2, 0.25) is 0 Å². The molecule has 0 bridgehead atoms. The fraction of sp³-hybridized carbons (Fsp3) is 0.527. The van der Waals surface area contributed by atoms with E-state index in [0.717, 1.165) is 76.5 Å². The average molecular weight is 1050 g/mol. The van der Waals surface area contributed by atoms with E-state index in [9.17, 15) is 28.4 Å². The Morgan fingerprint density at radius 1 is 0.960 bits per heavy atom. The van der Waals surface area contributed by atoms with E-state index >= 15 is 4.39 Å². The molecule has 18 nitrogen and oxygen atoms in total. The van der Waals surface area contributed by atoms with Gasteiger partial charge in [0, 0.05) is 50.2 Å². The van der Waals surface area contributed by atoms with Crippen LogP contribution in [0.1, 0.15) is 106 Å². The molecule has 75 heavy (non-hydrogen) atoms. The number of halogens is 1. The highest BCUT2D eigenvalue weighted by atomic mass is 32.2. The minimum Gasteiger partial charge on any atom is -0.467 e. The Hall–Kier alpha value is -5.90. The lowest BCUT2D eigenvalue weighted by atomic mass is 9.59. The maximum absolute atomic E-state index is 15.4. The number of nitrogens with one attached hydrogen (secondary N) is 3. The largest absolute Gasteiger partial charge is 0.467 e. The molecule has 3 atom stereocenters. The highest BCUT2D eigenvalue weighted by molar-refractivity contribution is 7.90. The maximum atomic E-state index is 15.4. The van der Waals surface area contributed by atoms with Gasteiger partial charge in [-0.05, 0) is 123 Å². The summed E-state index contributed by atoms with van der Waals surface area (Å²) in [6.07, 6.45) is 6.80. The van der Waals surface area contributed by atoms with Crippen LogP contribution in [0.3, 0.4) is 0 Å². The van der Waals surface area contributed by atoms with Crippen molar-refractivity contribution in [1.82, 2.24) is 19.6 Å². The highest BCUT2D eigenvalue weighted by Gasteiger charge is 2.50. The molecule has 1 amide bonds. The number of ether oxygens (including phenoxy) is 4. The fourth-order valence-electron chi connectivity index (χ4n) is 12.5. The van der Waals surface area contributed by atoms with Crippen molar-refractivity contribution in [2.24, 2.45) is 11.3 Å². The first-order valence-electron chi connectivity index (χ1n) is 26.5. The Labute approximate surface area is 436 Å². The van der Waals surface area contributed by atoms with E-state index in [1.165, 1.54) is 29.5 Å². The third-order valence-electron chi connectivity index (χ3n) is 16.9. The minimum absolute atomic E-state index is 0.0279. The zero-order valence-corrected chi connectivity index (χ0v) is 43.6. The van der Waals surface area contributed by atoms with Gasteiger partial charge in [-0.2, -0.15) is 4.98 Å². The van der Waals surface area contributed by atoms with Crippen molar-refractivity contribution < 1.29 is 46.6 Å². The molecule has 4 N–H and O–H groups in total. The monoisotopic (exact) mass is 1050 g/mol. The second-order valence-electron chi connectivity index (χ2n) is 22.2. The third-order valence-corrected chi connectivity index (χ3v) is 18.2. The van der Waals surface area contributed by atoms with Crippen molar-refractivity contribution in [3.05, 3.63) is 106 Å². The summed E-state index contributed by atoms with van der Waals surface area (Å²) < 4.78 is 70.8. The number of sulfonamides is 1. The van der Waals surface area contributed by atoms with Crippen LogP contribution < -0.4 is 24.6 Å². The lowest BCUT2D eigenvalue weighted by molar-refractivity contribution is -0.384. The molecule has 4 aliphatic heterocycles. The van der Waals surface area contributed by atoms with Crippen LogP contribution in [-0.4, -0.2) is 129 Å². The summed E-state index contributed by atoms with van der Waals surface area (Å²) in [5, 5.41) is 26.1. The van der Waals surface area contributed by atoms with E-state index in [2.05, 4.69) is 62.9 Å². The molecule has 0 unspecified atom stereocenters. The Balaban J connectivity index is 0.880. The normalized spacial score (nSPS) is 25.4. The van der Waals surface area contributed by atoms with Gasteiger partial charge in [-0.1, -0.05) is 38.1 Å². The number of carbonyl (C=O) groups is 1. The first-order valence-corrected chi connectivity index (χ1v) is 28.0. The van der Waals surface area contributed by atoms with Crippen molar-refractivity contribution in [2.75, 3.05) is 80.9 Å². The molecule has 5 fully saturated rings. The number of hydrogen-bond donors (Lipinski definition) is 4. The third kappa shape index (κ3) is 10.4. The number of benzene rings is 3. The van der Waals surface area contributed by atoms with Crippen LogP contribution in [0.15, 0.2) is 77.8 Å². The maximum Gasteiger partial charge on any atom is 0.293 e. The number of nitro groups is 1. The molecule has 3 aromatic carbocycles. The van der Waals surface area contributed by atoms with Crippen molar-refractivity contribution in [2.45, 2.75) is 113 Å². The SMILES string of the molecule is CC(C)c1ccccc1[C@@H]1COCCN1C1CC2(CCN(c3ccc(C(=O)NS(=O)(=O)c4ccc(NC[C@H]5CC[C@](C)(O)CC5)c([N+](=O)[O-])c4)c(N4C[C@H]5OCCOC[C@@H]5Oc5nc6[nH]cc(F)c6cc54)c3)CC2)C1. The molecule has 2 aromatic heterocycles. The van der Waals surface area contributed by atoms with E-state index in [1.54, 1.807) is 24.0 Å². The number of morpholine rings is 1. The van der Waals surface area contributed by atoms with Gasteiger partial charge in [0.25, 0.3) is 21.6 Å². The lowest BCUT2D eigenvalue weighted by Gasteiger charge is -2.57. The molecule has 400 valence electrons. The van der Waals surface area contributed by atoms with Gasteiger partial charge in [0.05, 0.1) is 77.7 Å². The number of aliphatic hydroxyl groups is 1. The quantitative estimate of drug-likeness (QED) is 0.0683. The van der Waals surface area contributed by atoms with E-state index in [-0.39, 0.29) is 65.3 Å². The van der Waals surface area contributed by atoms with E-state index in [4.69, 9.17) is 23.9 Å². The van der Waals surface area contributed by atoms with Crippen LogP contribution in [0, 0.1) is 27.3 Å². The first kappa shape index (κ1) is 51.2. The zero-order valence-electron chi connectivity index (χ0n) is 42.8. The molecular weight excluding hydrogens is 984 g/mol. The molecule has 20 heteroatoms. The summed E-state index contributed by atoms with van der Waals surface area (Å²) in [4.78, 5) is 40.3. The molecular formula is C55H67FN8O10S. The smallest absolute Gasteiger partial charge is 0.293 e. The number of aromatic nitrogens is 2. The Morgan fingerprint density at radius 2 is 1.73 bits per heavy atom. The van der Waals surface area contributed by atoms with Gasteiger partial charge >= 0.3 is 0 Å². The molecule has 6 heterocycles. The fourth-order valence-corrected chi connectivity index (χ4v) is 13.4. The average Bonchev–Trinajstić information content (AvgIpc) is 3.54. The number of H-pyrrole nitrogens is 1. The number of hydrogen-bond acceptors (Lipinski definition) is 15. The molecule has 6 aliphatic rings. The number of carbonyl (C=O) groups excluding carboxylic acids is 1. The highest BCUT2D eigenvalue weighted by Crippen LogP contribution is 2.54. The molecule has 5 aromatic rings. The second-order valence-corrected chi connectivity index (χ2v) is 23.8. The standard InChI is InChI=1S/C55H67FN8O10S/c1-34(2)39-6-4-5-7-40(39)48-32-71-21-20-62(48)37-27-55(28-37)16-18-61(19-17-55)36-8-10-41(45(24-36)63-31-49-50(33-72-22-23-73-49)74-53-47(63)26-42-43(56)30-58-51(42)59-53)52(65)60-75(69,70)38-9-11-44(46(25-38)64(67)68)57-29-35-12-14-54(3,66)15-13-35/h4-11,24-26,30,34-35,37,48-50,57,66H,12-23,27-29,31-33H2,1-3H3,(H,58,59)(H,60,65)/t35-,48-,49+,50-,54-/m0/s1.